The number of aryl methyl sites for hydroxylation is 1. The maximum absolute atomic E-state index is 12.1. The summed E-state index contributed by atoms with van der Waals surface area (Å²) < 4.78 is 44.7. The second-order valence-electron chi connectivity index (χ2n) is 2.83. The second-order valence-corrected chi connectivity index (χ2v) is 2.83. The highest BCUT2D eigenvalue weighted by molar-refractivity contribution is 5.80. The molecule has 1 aromatic heterocycles. The fourth-order valence-corrected chi connectivity index (χ4v) is 1.11. The molecule has 0 amide bonds. The summed E-state index contributed by atoms with van der Waals surface area (Å²) in [6.45, 7) is 1.32. The summed E-state index contributed by atoms with van der Waals surface area (Å²) in [7, 11) is 1.14. The smallest absolute Gasteiger partial charge is 0.492 e. The van der Waals surface area contributed by atoms with Crippen molar-refractivity contribution in [2.24, 2.45) is 0 Å². The van der Waals surface area contributed by atoms with E-state index in [4.69, 9.17) is 4.74 Å². The van der Waals surface area contributed by atoms with Gasteiger partial charge < -0.3 is 9.47 Å². The van der Waals surface area contributed by atoms with Gasteiger partial charge in [0.05, 0.1) is 18.4 Å². The van der Waals surface area contributed by atoms with Crippen LogP contribution in [0.25, 0.3) is 0 Å². The highest BCUT2D eigenvalue weighted by atomic mass is 19.4. The third kappa shape index (κ3) is 2.62. The molecule has 0 fully saturated rings. The molecule has 1 aromatic rings. The zero-order valence-electron chi connectivity index (χ0n) is 8.46. The third-order valence-corrected chi connectivity index (χ3v) is 1.74. The molecule has 0 atom stereocenters. The Kier molecular flexibility index (Phi) is 3.36. The Morgan fingerprint density at radius 3 is 2.44 bits per heavy atom. The summed E-state index contributed by atoms with van der Waals surface area (Å²) in [4.78, 5) is 14.2. The van der Waals surface area contributed by atoms with Gasteiger partial charge in [0.1, 0.15) is 0 Å². The summed E-state index contributed by atoms with van der Waals surface area (Å²) in [6.07, 6.45) is -3.40. The van der Waals surface area contributed by atoms with Gasteiger partial charge >= 0.3 is 6.36 Å². The average molecular weight is 235 g/mol. The summed E-state index contributed by atoms with van der Waals surface area (Å²) in [6, 6.07) is 0. The first kappa shape index (κ1) is 12.3. The number of carbonyl (C=O) groups excluding carboxylic acids is 1. The number of alkyl halides is 3. The minimum Gasteiger partial charge on any atom is -0.492 e. The first-order valence-electron chi connectivity index (χ1n) is 4.13. The van der Waals surface area contributed by atoms with Gasteiger partial charge in [0.2, 0.25) is 0 Å². The lowest BCUT2D eigenvalue weighted by Crippen LogP contribution is -2.19. The predicted octanol–water partition coefficient (Wildman–Crippen LogP) is 2.11. The molecular weight excluding hydrogens is 227 g/mol. The van der Waals surface area contributed by atoms with Gasteiger partial charge in [-0.25, -0.2) is 0 Å². The Morgan fingerprint density at radius 2 is 2.00 bits per heavy atom. The number of nitrogens with zero attached hydrogens (tertiary/aromatic N) is 1. The lowest BCUT2D eigenvalue weighted by atomic mass is 10.2. The largest absolute Gasteiger partial charge is 0.573 e. The summed E-state index contributed by atoms with van der Waals surface area (Å²) >= 11 is 0. The molecular formula is C9H8F3NO3. The van der Waals surface area contributed by atoms with Crippen LogP contribution in [0.1, 0.15) is 16.1 Å². The second kappa shape index (κ2) is 4.38. The zero-order chi connectivity index (χ0) is 12.3. The molecule has 0 aliphatic rings. The van der Waals surface area contributed by atoms with E-state index in [1.807, 2.05) is 0 Å². The van der Waals surface area contributed by atoms with E-state index in [1.54, 1.807) is 0 Å². The van der Waals surface area contributed by atoms with Crippen LogP contribution < -0.4 is 9.47 Å². The van der Waals surface area contributed by atoms with Gasteiger partial charge in [0, 0.05) is 6.20 Å². The van der Waals surface area contributed by atoms with Crippen molar-refractivity contribution in [3.8, 4) is 11.5 Å². The van der Waals surface area contributed by atoms with Crippen molar-refractivity contribution in [2.45, 2.75) is 13.3 Å². The normalized spacial score (nSPS) is 11.1. The Labute approximate surface area is 89.0 Å². The van der Waals surface area contributed by atoms with Crippen molar-refractivity contribution < 1.29 is 27.4 Å². The Balaban J connectivity index is 3.29. The molecule has 0 N–H and O–H groups in total. The fourth-order valence-electron chi connectivity index (χ4n) is 1.11. The monoisotopic (exact) mass is 235 g/mol. The van der Waals surface area contributed by atoms with Crippen LogP contribution in [0.4, 0.5) is 13.2 Å². The van der Waals surface area contributed by atoms with Crippen molar-refractivity contribution in [3.63, 3.8) is 0 Å². The summed E-state index contributed by atoms with van der Waals surface area (Å²) in [5, 5.41) is 0. The van der Waals surface area contributed by atoms with Crippen LogP contribution in [0.5, 0.6) is 11.5 Å². The molecule has 0 saturated heterocycles. The standard InChI is InChI=1S/C9H8F3NO3/c1-5-7(16-9(10,11)12)8(15-2)6(4-14)3-13-5/h3-4H,1-2H3. The van der Waals surface area contributed by atoms with E-state index in [2.05, 4.69) is 9.72 Å². The molecule has 0 radical (unpaired) electrons. The maximum atomic E-state index is 12.1. The summed E-state index contributed by atoms with van der Waals surface area (Å²) in [5.41, 5.74) is -0.118. The molecule has 0 spiro atoms. The van der Waals surface area contributed by atoms with Crippen LogP contribution in [-0.2, 0) is 0 Å². The number of methoxy groups -OCH3 is 1. The lowest BCUT2D eigenvalue weighted by Gasteiger charge is -2.15. The molecule has 1 heterocycles. The van der Waals surface area contributed by atoms with E-state index < -0.39 is 12.1 Å². The van der Waals surface area contributed by atoms with Gasteiger partial charge in [-0.3, -0.25) is 9.78 Å². The van der Waals surface area contributed by atoms with E-state index >= 15 is 0 Å². The number of aldehydes is 1. The first-order valence-corrected chi connectivity index (χ1v) is 4.13. The SMILES string of the molecule is COc1c(C=O)cnc(C)c1OC(F)(F)F. The Bertz CT molecular complexity index is 404. The molecule has 1 rings (SSSR count). The molecule has 0 saturated carbocycles. The predicted molar refractivity (Wildman–Crippen MR) is 47.6 cm³/mol. The molecule has 4 nitrogen and oxygen atoms in total. The number of aromatic nitrogens is 1. The zero-order valence-corrected chi connectivity index (χ0v) is 8.46. The van der Waals surface area contributed by atoms with Gasteiger partial charge in [-0.15, -0.1) is 13.2 Å². The van der Waals surface area contributed by atoms with E-state index in [0.717, 1.165) is 13.3 Å². The number of hydrogen-bond donors (Lipinski definition) is 0. The Morgan fingerprint density at radius 1 is 1.38 bits per heavy atom. The quantitative estimate of drug-likeness (QED) is 0.753. The molecule has 7 heteroatoms. The maximum Gasteiger partial charge on any atom is 0.573 e. The van der Waals surface area contributed by atoms with Crippen LogP contribution in [0.2, 0.25) is 0 Å². The fraction of sp³-hybridized carbons (Fsp3) is 0.333. The first-order chi connectivity index (χ1) is 7.39. The average Bonchev–Trinajstić information content (AvgIpc) is 2.19. The van der Waals surface area contributed by atoms with Crippen LogP contribution in [0.3, 0.4) is 0 Å². The topological polar surface area (TPSA) is 48.4 Å². The summed E-state index contributed by atoms with van der Waals surface area (Å²) in [5.74, 6) is -0.876. The van der Waals surface area contributed by atoms with Crippen LogP contribution in [0.15, 0.2) is 6.20 Å². The van der Waals surface area contributed by atoms with Gasteiger partial charge in [-0.05, 0) is 6.92 Å². The minimum atomic E-state index is -4.86. The van der Waals surface area contributed by atoms with Crippen molar-refractivity contribution in [1.82, 2.24) is 4.98 Å². The van der Waals surface area contributed by atoms with Crippen molar-refractivity contribution >= 4 is 6.29 Å². The number of pyridine rings is 1. The highest BCUT2D eigenvalue weighted by Crippen LogP contribution is 2.36. The number of ether oxygens (including phenoxy) is 2. The van der Waals surface area contributed by atoms with Gasteiger partial charge in [-0.1, -0.05) is 0 Å². The highest BCUT2D eigenvalue weighted by Gasteiger charge is 2.34. The lowest BCUT2D eigenvalue weighted by molar-refractivity contribution is -0.275. The van der Waals surface area contributed by atoms with Crippen molar-refractivity contribution in [1.29, 1.82) is 0 Å². The number of hydrogen-bond acceptors (Lipinski definition) is 4. The molecule has 88 valence electrons. The third-order valence-electron chi connectivity index (χ3n) is 1.74. The Hall–Kier alpha value is -1.79. The van der Waals surface area contributed by atoms with Crippen LogP contribution >= 0.6 is 0 Å². The van der Waals surface area contributed by atoms with E-state index in [1.165, 1.54) is 6.92 Å². The molecule has 16 heavy (non-hydrogen) atoms. The van der Waals surface area contributed by atoms with Crippen LogP contribution in [-0.4, -0.2) is 24.7 Å². The van der Waals surface area contributed by atoms with Crippen LogP contribution in [0, 0.1) is 6.92 Å². The minimum absolute atomic E-state index is 0.0141. The van der Waals surface area contributed by atoms with Crippen molar-refractivity contribution in [2.75, 3.05) is 7.11 Å². The van der Waals surface area contributed by atoms with Gasteiger partial charge in [0.25, 0.3) is 0 Å². The number of halogens is 3. The molecule has 0 bridgehead atoms. The number of carbonyl (C=O) groups is 1. The molecule has 0 aliphatic carbocycles. The molecule has 0 aliphatic heterocycles. The van der Waals surface area contributed by atoms with Gasteiger partial charge in [-0.2, -0.15) is 0 Å². The van der Waals surface area contributed by atoms with E-state index in [9.17, 15) is 18.0 Å². The van der Waals surface area contributed by atoms with Gasteiger partial charge in [0.15, 0.2) is 17.8 Å². The molecule has 0 aromatic carbocycles. The number of rotatable bonds is 3. The van der Waals surface area contributed by atoms with E-state index in [-0.39, 0.29) is 17.0 Å². The van der Waals surface area contributed by atoms with Crippen molar-refractivity contribution in [3.05, 3.63) is 17.5 Å². The molecule has 0 unspecified atom stereocenters. The van der Waals surface area contributed by atoms with E-state index in [0.29, 0.717) is 6.29 Å².